The Morgan fingerprint density at radius 3 is 2.55 bits per heavy atom. The number of benzene rings is 1. The van der Waals surface area contributed by atoms with E-state index in [-0.39, 0.29) is 24.9 Å². The van der Waals surface area contributed by atoms with Gasteiger partial charge in [0.05, 0.1) is 18.8 Å². The average Bonchev–Trinajstić information content (AvgIpc) is 2.42. The van der Waals surface area contributed by atoms with Crippen LogP contribution in [0.4, 0.5) is 0 Å². The molecule has 1 aromatic carbocycles. The first-order chi connectivity index (χ1) is 9.50. The van der Waals surface area contributed by atoms with Crippen LogP contribution in [0.5, 0.6) is 5.75 Å². The number of rotatable bonds is 7. The minimum Gasteiger partial charge on any atom is -0.508 e. The molecule has 4 N–H and O–H groups in total. The third kappa shape index (κ3) is 5.57. The molecule has 7 heteroatoms. The lowest BCUT2D eigenvalue weighted by Gasteiger charge is -2.16. The number of esters is 1. The summed E-state index contributed by atoms with van der Waals surface area (Å²) in [6.07, 6.45) is 0. The van der Waals surface area contributed by atoms with Gasteiger partial charge >= 0.3 is 5.97 Å². The first-order valence-electron chi connectivity index (χ1n) is 6.09. The highest BCUT2D eigenvalue weighted by atomic mass is 16.6. The molecular formula is C13H19N3O4. The van der Waals surface area contributed by atoms with E-state index in [0.29, 0.717) is 18.7 Å². The lowest BCUT2D eigenvalue weighted by Crippen LogP contribution is -2.35. The summed E-state index contributed by atoms with van der Waals surface area (Å²) in [5.74, 6) is -0.388. The number of hydrogen-bond acceptors (Lipinski definition) is 5. The number of phenolic OH excluding ortho intramolecular Hbond substituents is 1. The second-order valence-corrected chi connectivity index (χ2v) is 4.10. The largest absolute Gasteiger partial charge is 0.508 e. The molecule has 0 saturated carbocycles. The molecule has 0 aromatic heterocycles. The maximum atomic E-state index is 11.6. The Balaban J connectivity index is 2.14. The van der Waals surface area contributed by atoms with Crippen LogP contribution in [0.1, 0.15) is 10.4 Å². The Bertz CT molecular complexity index is 447. The lowest BCUT2D eigenvalue weighted by atomic mass is 10.2. The number of nitrogens with two attached hydrogens (primary N) is 1. The molecule has 0 fully saturated rings. The van der Waals surface area contributed by atoms with Crippen LogP contribution < -0.4 is 5.73 Å². The van der Waals surface area contributed by atoms with E-state index in [1.165, 1.54) is 24.3 Å². The SMILES string of the molecule is CN(CCOCCOC(=O)c1ccc(O)cc1)C(=N)N. The molecule has 20 heavy (non-hydrogen) atoms. The smallest absolute Gasteiger partial charge is 0.338 e. The quantitative estimate of drug-likeness (QED) is 0.289. The summed E-state index contributed by atoms with van der Waals surface area (Å²) in [4.78, 5) is 13.1. The summed E-state index contributed by atoms with van der Waals surface area (Å²) in [7, 11) is 1.69. The molecule has 1 rings (SSSR count). The number of phenols is 1. The molecule has 0 heterocycles. The number of nitrogens with one attached hydrogen (secondary N) is 1. The number of guanidine groups is 1. The molecule has 0 saturated heterocycles. The van der Waals surface area contributed by atoms with Crippen molar-refractivity contribution in [1.82, 2.24) is 4.90 Å². The summed E-state index contributed by atoms with van der Waals surface area (Å²) in [6, 6.07) is 5.82. The van der Waals surface area contributed by atoms with Crippen molar-refractivity contribution < 1.29 is 19.4 Å². The minimum atomic E-state index is -0.463. The van der Waals surface area contributed by atoms with Gasteiger partial charge in [0.2, 0.25) is 0 Å². The summed E-state index contributed by atoms with van der Waals surface area (Å²) < 4.78 is 10.2. The molecule has 0 spiro atoms. The molecule has 0 unspecified atom stereocenters. The van der Waals surface area contributed by atoms with E-state index in [1.54, 1.807) is 11.9 Å². The van der Waals surface area contributed by atoms with Gasteiger partial charge in [-0.1, -0.05) is 0 Å². The van der Waals surface area contributed by atoms with Crippen LogP contribution in [0.15, 0.2) is 24.3 Å². The molecular weight excluding hydrogens is 262 g/mol. The molecule has 0 amide bonds. The highest BCUT2D eigenvalue weighted by molar-refractivity contribution is 5.89. The van der Waals surface area contributed by atoms with E-state index in [1.807, 2.05) is 0 Å². The topological polar surface area (TPSA) is 109 Å². The number of carbonyl (C=O) groups is 1. The van der Waals surface area contributed by atoms with Gasteiger partial charge in [0, 0.05) is 13.6 Å². The van der Waals surface area contributed by atoms with Gasteiger partial charge in [-0.15, -0.1) is 0 Å². The first-order valence-corrected chi connectivity index (χ1v) is 6.09. The van der Waals surface area contributed by atoms with Crippen LogP contribution in [-0.4, -0.2) is 55.3 Å². The van der Waals surface area contributed by atoms with E-state index < -0.39 is 5.97 Å². The predicted octanol–water partition coefficient (Wildman–Crippen LogP) is 0.391. The lowest BCUT2D eigenvalue weighted by molar-refractivity contribution is 0.0307. The first kappa shape index (κ1) is 15.8. The third-order valence-electron chi connectivity index (χ3n) is 2.55. The number of ether oxygens (including phenoxy) is 2. The van der Waals surface area contributed by atoms with Crippen LogP contribution in [0.25, 0.3) is 0 Å². The van der Waals surface area contributed by atoms with Crippen molar-refractivity contribution in [2.24, 2.45) is 5.73 Å². The fraction of sp³-hybridized carbons (Fsp3) is 0.385. The summed E-state index contributed by atoms with van der Waals surface area (Å²) in [5, 5.41) is 16.2. The van der Waals surface area contributed by atoms with Crippen molar-refractivity contribution in [3.63, 3.8) is 0 Å². The Labute approximate surface area is 117 Å². The number of nitrogens with zero attached hydrogens (tertiary/aromatic N) is 1. The molecule has 0 radical (unpaired) electrons. The summed E-state index contributed by atoms with van der Waals surface area (Å²) in [6.45, 7) is 1.31. The Hall–Kier alpha value is -2.28. The zero-order valence-corrected chi connectivity index (χ0v) is 11.3. The van der Waals surface area contributed by atoms with Gasteiger partial charge in [-0.05, 0) is 24.3 Å². The average molecular weight is 281 g/mol. The molecule has 0 aliphatic carbocycles. The second-order valence-electron chi connectivity index (χ2n) is 4.10. The second kappa shape index (κ2) is 8.00. The predicted molar refractivity (Wildman–Crippen MR) is 73.8 cm³/mol. The maximum absolute atomic E-state index is 11.6. The normalized spacial score (nSPS) is 10.1. The van der Waals surface area contributed by atoms with Crippen LogP contribution in [0.3, 0.4) is 0 Å². The summed E-state index contributed by atoms with van der Waals surface area (Å²) in [5.41, 5.74) is 5.63. The highest BCUT2D eigenvalue weighted by Gasteiger charge is 2.06. The van der Waals surface area contributed by atoms with Gasteiger partial charge in [0.15, 0.2) is 5.96 Å². The van der Waals surface area contributed by atoms with Crippen molar-refractivity contribution in [2.45, 2.75) is 0 Å². The van der Waals surface area contributed by atoms with Gasteiger partial charge < -0.3 is 25.2 Å². The van der Waals surface area contributed by atoms with Crippen molar-refractivity contribution >= 4 is 11.9 Å². The zero-order chi connectivity index (χ0) is 15.0. The van der Waals surface area contributed by atoms with E-state index in [2.05, 4.69) is 0 Å². The van der Waals surface area contributed by atoms with Crippen LogP contribution in [0.2, 0.25) is 0 Å². The fourth-order valence-corrected chi connectivity index (χ4v) is 1.30. The van der Waals surface area contributed by atoms with E-state index >= 15 is 0 Å². The van der Waals surface area contributed by atoms with E-state index in [4.69, 9.17) is 25.7 Å². The zero-order valence-electron chi connectivity index (χ0n) is 11.3. The van der Waals surface area contributed by atoms with Gasteiger partial charge in [-0.2, -0.15) is 0 Å². The van der Waals surface area contributed by atoms with Gasteiger partial charge in [-0.25, -0.2) is 4.79 Å². The van der Waals surface area contributed by atoms with Crippen LogP contribution in [0, 0.1) is 5.41 Å². The highest BCUT2D eigenvalue weighted by Crippen LogP contribution is 2.10. The van der Waals surface area contributed by atoms with Crippen LogP contribution in [-0.2, 0) is 9.47 Å². The molecule has 7 nitrogen and oxygen atoms in total. The maximum Gasteiger partial charge on any atom is 0.338 e. The van der Waals surface area contributed by atoms with Gasteiger partial charge in [0.25, 0.3) is 0 Å². The Morgan fingerprint density at radius 2 is 1.95 bits per heavy atom. The third-order valence-corrected chi connectivity index (χ3v) is 2.55. The van der Waals surface area contributed by atoms with Crippen molar-refractivity contribution in [2.75, 3.05) is 33.4 Å². The number of hydrogen-bond donors (Lipinski definition) is 3. The minimum absolute atomic E-state index is 0.0210. The summed E-state index contributed by atoms with van der Waals surface area (Å²) >= 11 is 0. The monoisotopic (exact) mass is 281 g/mol. The standard InChI is InChI=1S/C13H19N3O4/c1-16(13(14)15)6-7-19-8-9-20-12(18)10-2-4-11(17)5-3-10/h2-5,17H,6-9H2,1H3,(H3,14,15). The molecule has 0 atom stereocenters. The number of carbonyl (C=O) groups excluding carboxylic acids is 1. The van der Waals surface area contributed by atoms with E-state index in [9.17, 15) is 4.79 Å². The Kier molecular flexibility index (Phi) is 6.31. The van der Waals surface area contributed by atoms with Crippen molar-refractivity contribution in [1.29, 1.82) is 5.41 Å². The molecule has 0 aliphatic rings. The van der Waals surface area contributed by atoms with Crippen molar-refractivity contribution in [3.8, 4) is 5.75 Å². The van der Waals surface area contributed by atoms with Crippen molar-refractivity contribution in [3.05, 3.63) is 29.8 Å². The van der Waals surface area contributed by atoms with Crippen LogP contribution >= 0.6 is 0 Å². The number of likely N-dealkylation sites (N-methyl/N-ethyl adjacent to an activating group) is 1. The van der Waals surface area contributed by atoms with Gasteiger partial charge in [0.1, 0.15) is 12.4 Å². The van der Waals surface area contributed by atoms with E-state index in [0.717, 1.165) is 0 Å². The van der Waals surface area contributed by atoms with Gasteiger partial charge in [-0.3, -0.25) is 5.41 Å². The Morgan fingerprint density at radius 1 is 1.30 bits per heavy atom. The molecule has 0 aliphatic heterocycles. The molecule has 1 aromatic rings. The number of aromatic hydroxyl groups is 1. The molecule has 110 valence electrons. The molecule has 0 bridgehead atoms. The fourth-order valence-electron chi connectivity index (χ4n) is 1.30.